The molecule has 1 N–H and O–H groups in total. The van der Waals surface area contributed by atoms with E-state index in [9.17, 15) is 9.59 Å². The highest BCUT2D eigenvalue weighted by molar-refractivity contribution is 5.92. The van der Waals surface area contributed by atoms with Crippen molar-refractivity contribution in [1.82, 2.24) is 4.90 Å². The van der Waals surface area contributed by atoms with Crippen molar-refractivity contribution < 1.29 is 14.3 Å². The first-order valence-electron chi connectivity index (χ1n) is 7.70. The van der Waals surface area contributed by atoms with E-state index in [0.29, 0.717) is 12.8 Å². The lowest BCUT2D eigenvalue weighted by Crippen LogP contribution is -2.23. The first-order valence-corrected chi connectivity index (χ1v) is 7.70. The number of ether oxygens (including phenoxy) is 1. The minimum absolute atomic E-state index is 0.0475. The Bertz CT molecular complexity index is 692. The monoisotopic (exact) mass is 326 g/mol. The number of hydrogen-bond acceptors (Lipinski definition) is 3. The van der Waals surface area contributed by atoms with Crippen LogP contribution >= 0.6 is 0 Å². The standard InChI is InChI=1S/C19H22N2O3/c1-21(2)19(23)13-15-4-8-16(9-5-15)20-18(22)12-14-6-10-17(24-3)11-7-14/h4-11H,12-13H2,1-3H3,(H,20,22). The molecule has 0 aliphatic carbocycles. The van der Waals surface area contributed by atoms with Gasteiger partial charge in [0.2, 0.25) is 11.8 Å². The molecule has 0 aliphatic rings. The molecule has 126 valence electrons. The number of amides is 2. The molecule has 24 heavy (non-hydrogen) atoms. The van der Waals surface area contributed by atoms with Crippen LogP contribution in [0.5, 0.6) is 5.75 Å². The molecule has 0 saturated heterocycles. The predicted molar refractivity (Wildman–Crippen MR) is 94.2 cm³/mol. The van der Waals surface area contributed by atoms with Gasteiger partial charge in [0.15, 0.2) is 0 Å². The molecule has 0 aromatic heterocycles. The smallest absolute Gasteiger partial charge is 0.228 e. The van der Waals surface area contributed by atoms with Gasteiger partial charge in [-0.15, -0.1) is 0 Å². The molecule has 2 aromatic rings. The Balaban J connectivity index is 1.90. The first-order chi connectivity index (χ1) is 11.5. The van der Waals surface area contributed by atoms with Gasteiger partial charge in [0.05, 0.1) is 20.0 Å². The molecule has 0 heterocycles. The van der Waals surface area contributed by atoms with Gasteiger partial charge in [-0.3, -0.25) is 9.59 Å². The quantitative estimate of drug-likeness (QED) is 0.887. The lowest BCUT2D eigenvalue weighted by Gasteiger charge is -2.10. The fourth-order valence-corrected chi connectivity index (χ4v) is 2.17. The second-order valence-electron chi connectivity index (χ2n) is 5.73. The molecule has 0 spiro atoms. The SMILES string of the molecule is COc1ccc(CC(=O)Nc2ccc(CC(=O)N(C)C)cc2)cc1. The second-order valence-corrected chi connectivity index (χ2v) is 5.73. The average molecular weight is 326 g/mol. The zero-order chi connectivity index (χ0) is 17.5. The molecular formula is C19H22N2O3. The average Bonchev–Trinajstić information content (AvgIpc) is 2.57. The molecule has 5 nitrogen and oxygen atoms in total. The van der Waals surface area contributed by atoms with Crippen molar-refractivity contribution in [3.8, 4) is 5.75 Å². The Morgan fingerprint density at radius 3 is 2.00 bits per heavy atom. The molecule has 0 bridgehead atoms. The lowest BCUT2D eigenvalue weighted by molar-refractivity contribution is -0.128. The molecule has 2 amide bonds. The summed E-state index contributed by atoms with van der Waals surface area (Å²) in [6.45, 7) is 0. The zero-order valence-electron chi connectivity index (χ0n) is 14.2. The van der Waals surface area contributed by atoms with Gasteiger partial charge in [-0.05, 0) is 35.4 Å². The normalized spacial score (nSPS) is 10.1. The highest BCUT2D eigenvalue weighted by Gasteiger charge is 2.07. The summed E-state index contributed by atoms with van der Waals surface area (Å²) in [5.41, 5.74) is 2.55. The van der Waals surface area contributed by atoms with E-state index in [1.54, 1.807) is 26.1 Å². The number of carbonyl (C=O) groups is 2. The van der Waals surface area contributed by atoms with Crippen molar-refractivity contribution in [2.45, 2.75) is 12.8 Å². The fourth-order valence-electron chi connectivity index (χ4n) is 2.17. The number of nitrogens with zero attached hydrogens (tertiary/aromatic N) is 1. The van der Waals surface area contributed by atoms with Crippen molar-refractivity contribution in [1.29, 1.82) is 0 Å². The van der Waals surface area contributed by atoms with Crippen LogP contribution in [0.1, 0.15) is 11.1 Å². The van der Waals surface area contributed by atoms with Crippen LogP contribution < -0.4 is 10.1 Å². The van der Waals surface area contributed by atoms with Crippen molar-refractivity contribution in [3.05, 3.63) is 59.7 Å². The number of benzene rings is 2. The number of nitrogens with one attached hydrogen (secondary N) is 1. The lowest BCUT2D eigenvalue weighted by atomic mass is 10.1. The maximum absolute atomic E-state index is 12.1. The molecule has 0 atom stereocenters. The van der Waals surface area contributed by atoms with Gasteiger partial charge in [-0.2, -0.15) is 0 Å². The minimum atomic E-state index is -0.0858. The van der Waals surface area contributed by atoms with Gasteiger partial charge in [-0.25, -0.2) is 0 Å². The Hall–Kier alpha value is -2.82. The number of hydrogen-bond donors (Lipinski definition) is 1. The first kappa shape index (κ1) is 17.5. The van der Waals surface area contributed by atoms with Crippen LogP contribution in [0.15, 0.2) is 48.5 Å². The molecule has 0 radical (unpaired) electrons. The largest absolute Gasteiger partial charge is 0.497 e. The van der Waals surface area contributed by atoms with E-state index in [1.807, 2.05) is 48.5 Å². The highest BCUT2D eigenvalue weighted by atomic mass is 16.5. The van der Waals surface area contributed by atoms with Crippen LogP contribution in [0.25, 0.3) is 0 Å². The number of anilines is 1. The summed E-state index contributed by atoms with van der Waals surface area (Å²) >= 11 is 0. The predicted octanol–water partition coefficient (Wildman–Crippen LogP) is 2.51. The molecule has 2 aromatic carbocycles. The van der Waals surface area contributed by atoms with Crippen molar-refractivity contribution in [3.63, 3.8) is 0 Å². The number of likely N-dealkylation sites (N-methyl/N-ethyl adjacent to an activating group) is 1. The van der Waals surface area contributed by atoms with Crippen LogP contribution in [0.2, 0.25) is 0 Å². The van der Waals surface area contributed by atoms with Crippen LogP contribution in [0, 0.1) is 0 Å². The molecule has 0 aliphatic heterocycles. The van der Waals surface area contributed by atoms with Gasteiger partial charge >= 0.3 is 0 Å². The third kappa shape index (κ3) is 5.12. The zero-order valence-corrected chi connectivity index (χ0v) is 14.2. The summed E-state index contributed by atoms with van der Waals surface area (Å²) in [5, 5.41) is 2.86. The molecule has 0 unspecified atom stereocenters. The Labute approximate surface area is 142 Å². The summed E-state index contributed by atoms with van der Waals surface area (Å²) in [4.78, 5) is 25.3. The molecule has 0 fully saturated rings. The van der Waals surface area contributed by atoms with E-state index in [0.717, 1.165) is 22.6 Å². The van der Waals surface area contributed by atoms with Crippen LogP contribution in [0.4, 0.5) is 5.69 Å². The van der Waals surface area contributed by atoms with E-state index in [-0.39, 0.29) is 11.8 Å². The molecule has 0 saturated carbocycles. The Kier molecular flexibility index (Phi) is 5.95. The van der Waals surface area contributed by atoms with Crippen LogP contribution in [-0.2, 0) is 22.4 Å². The molecule has 5 heteroatoms. The summed E-state index contributed by atoms with van der Waals surface area (Å²) in [6.07, 6.45) is 0.651. The van der Waals surface area contributed by atoms with Gasteiger partial charge in [-0.1, -0.05) is 24.3 Å². The highest BCUT2D eigenvalue weighted by Crippen LogP contribution is 2.14. The number of rotatable bonds is 6. The molecular weight excluding hydrogens is 304 g/mol. The topological polar surface area (TPSA) is 58.6 Å². The maximum Gasteiger partial charge on any atom is 0.228 e. The Morgan fingerprint density at radius 2 is 1.46 bits per heavy atom. The summed E-state index contributed by atoms with van der Waals surface area (Å²) in [6, 6.07) is 14.7. The minimum Gasteiger partial charge on any atom is -0.497 e. The number of methoxy groups -OCH3 is 1. The maximum atomic E-state index is 12.1. The van der Waals surface area contributed by atoms with Gasteiger partial charge in [0.1, 0.15) is 5.75 Å². The van der Waals surface area contributed by atoms with Crippen molar-refractivity contribution >= 4 is 17.5 Å². The van der Waals surface area contributed by atoms with Gasteiger partial charge in [0, 0.05) is 19.8 Å². The van der Waals surface area contributed by atoms with Crippen LogP contribution in [0.3, 0.4) is 0 Å². The fraction of sp³-hybridized carbons (Fsp3) is 0.263. The third-order valence-electron chi connectivity index (χ3n) is 3.62. The third-order valence-corrected chi connectivity index (χ3v) is 3.62. The molecule has 2 rings (SSSR count). The Morgan fingerprint density at radius 1 is 0.917 bits per heavy atom. The summed E-state index contributed by atoms with van der Waals surface area (Å²) in [7, 11) is 5.07. The number of carbonyl (C=O) groups excluding carboxylic acids is 2. The van der Waals surface area contributed by atoms with E-state index in [1.165, 1.54) is 0 Å². The van der Waals surface area contributed by atoms with Gasteiger partial charge in [0.25, 0.3) is 0 Å². The summed E-state index contributed by atoms with van der Waals surface area (Å²) < 4.78 is 5.10. The second kappa shape index (κ2) is 8.15. The van der Waals surface area contributed by atoms with E-state index in [2.05, 4.69) is 5.32 Å². The summed E-state index contributed by atoms with van der Waals surface area (Å²) in [5.74, 6) is 0.727. The van der Waals surface area contributed by atoms with Crippen molar-refractivity contribution in [2.24, 2.45) is 0 Å². The van der Waals surface area contributed by atoms with E-state index in [4.69, 9.17) is 4.74 Å². The van der Waals surface area contributed by atoms with E-state index < -0.39 is 0 Å². The van der Waals surface area contributed by atoms with Crippen molar-refractivity contribution in [2.75, 3.05) is 26.5 Å². The van der Waals surface area contributed by atoms with Crippen LogP contribution in [-0.4, -0.2) is 37.9 Å². The van der Waals surface area contributed by atoms with Gasteiger partial charge < -0.3 is 15.0 Å². The van der Waals surface area contributed by atoms with E-state index >= 15 is 0 Å².